The minimum atomic E-state index is -0.198. The molecule has 1 amide bonds. The molecule has 0 radical (unpaired) electrons. The quantitative estimate of drug-likeness (QED) is 0.389. The highest BCUT2D eigenvalue weighted by Crippen LogP contribution is 2.17. The fourth-order valence-electron chi connectivity index (χ4n) is 3.70. The largest absolute Gasteiger partial charge is 0.324 e. The highest BCUT2D eigenvalue weighted by molar-refractivity contribution is 7.71. The van der Waals surface area contributed by atoms with Crippen molar-refractivity contribution in [3.63, 3.8) is 0 Å². The molecule has 0 aliphatic rings. The SMILES string of the molecule is Cc1ccccc1NC(=O)Cn1nc(Cn2nnc3ccccc32)n(-c2ccccc2)c1=S. The van der Waals surface area contributed by atoms with Crippen LogP contribution in [0.4, 0.5) is 5.69 Å². The van der Waals surface area contributed by atoms with Gasteiger partial charge < -0.3 is 5.32 Å². The van der Waals surface area contributed by atoms with Gasteiger partial charge in [-0.3, -0.25) is 9.36 Å². The van der Waals surface area contributed by atoms with Crippen molar-refractivity contribution in [3.8, 4) is 5.69 Å². The topological polar surface area (TPSA) is 82.6 Å². The summed E-state index contributed by atoms with van der Waals surface area (Å²) in [7, 11) is 0. The number of para-hydroxylation sites is 3. The Hall–Kier alpha value is -4.11. The molecule has 164 valence electrons. The lowest BCUT2D eigenvalue weighted by molar-refractivity contribution is -0.116. The van der Waals surface area contributed by atoms with Gasteiger partial charge in [-0.2, -0.15) is 5.10 Å². The molecule has 0 aliphatic heterocycles. The molecule has 0 bridgehead atoms. The number of carbonyl (C=O) groups is 1. The molecule has 0 unspecified atom stereocenters. The highest BCUT2D eigenvalue weighted by Gasteiger charge is 2.17. The van der Waals surface area contributed by atoms with E-state index in [1.165, 1.54) is 0 Å². The van der Waals surface area contributed by atoms with Crippen molar-refractivity contribution >= 4 is 34.8 Å². The molecule has 5 aromatic rings. The Morgan fingerprint density at radius 1 is 0.939 bits per heavy atom. The molecule has 33 heavy (non-hydrogen) atoms. The van der Waals surface area contributed by atoms with E-state index < -0.39 is 0 Å². The maximum absolute atomic E-state index is 12.8. The van der Waals surface area contributed by atoms with Gasteiger partial charge in [0.1, 0.15) is 18.6 Å². The van der Waals surface area contributed by atoms with Crippen LogP contribution in [0.25, 0.3) is 16.7 Å². The number of anilines is 1. The number of nitrogens with zero attached hydrogens (tertiary/aromatic N) is 6. The Morgan fingerprint density at radius 2 is 1.67 bits per heavy atom. The van der Waals surface area contributed by atoms with E-state index in [-0.39, 0.29) is 12.5 Å². The number of hydrogen-bond donors (Lipinski definition) is 1. The molecule has 0 saturated carbocycles. The molecule has 0 aliphatic carbocycles. The molecule has 0 saturated heterocycles. The summed E-state index contributed by atoms with van der Waals surface area (Å²) >= 11 is 5.73. The third-order valence-corrected chi connectivity index (χ3v) is 5.74. The van der Waals surface area contributed by atoms with E-state index in [4.69, 9.17) is 17.3 Å². The molecule has 2 aromatic heterocycles. The Labute approximate surface area is 195 Å². The Balaban J connectivity index is 1.50. The zero-order chi connectivity index (χ0) is 22.8. The molecule has 0 spiro atoms. The fourth-order valence-corrected chi connectivity index (χ4v) is 4.02. The molecular weight excluding hydrogens is 434 g/mol. The molecule has 2 heterocycles. The van der Waals surface area contributed by atoms with Crippen LogP contribution in [0.3, 0.4) is 0 Å². The van der Waals surface area contributed by atoms with Crippen LogP contribution in [0.15, 0.2) is 78.9 Å². The molecule has 1 N–H and O–H groups in total. The van der Waals surface area contributed by atoms with Crippen molar-refractivity contribution in [1.29, 1.82) is 0 Å². The van der Waals surface area contributed by atoms with E-state index in [1.54, 1.807) is 9.36 Å². The predicted molar refractivity (Wildman–Crippen MR) is 129 cm³/mol. The summed E-state index contributed by atoms with van der Waals surface area (Å²) in [5.74, 6) is 0.460. The van der Waals surface area contributed by atoms with Gasteiger partial charge in [0.2, 0.25) is 10.7 Å². The summed E-state index contributed by atoms with van der Waals surface area (Å²) < 4.78 is 5.63. The van der Waals surface area contributed by atoms with Gasteiger partial charge >= 0.3 is 0 Å². The van der Waals surface area contributed by atoms with Gasteiger partial charge in [-0.1, -0.05) is 53.7 Å². The lowest BCUT2D eigenvalue weighted by atomic mass is 10.2. The summed E-state index contributed by atoms with van der Waals surface area (Å²) in [6, 6.07) is 25.1. The standard InChI is InChI=1S/C24H21N7OS/c1-17-9-5-6-12-19(17)25-23(32)16-30-24(33)31(18-10-3-2-4-11-18)22(27-30)15-29-21-14-8-7-13-20(21)26-28-29/h2-14H,15-16H2,1H3,(H,25,32). The molecule has 5 rings (SSSR count). The Bertz CT molecular complexity index is 1500. The van der Waals surface area contributed by atoms with Crippen molar-refractivity contribution in [3.05, 3.63) is 95.0 Å². The number of benzene rings is 3. The van der Waals surface area contributed by atoms with Crippen LogP contribution in [0.2, 0.25) is 0 Å². The van der Waals surface area contributed by atoms with Crippen LogP contribution in [-0.2, 0) is 17.9 Å². The minimum absolute atomic E-state index is 0.00188. The second kappa shape index (κ2) is 8.79. The van der Waals surface area contributed by atoms with E-state index in [1.807, 2.05) is 90.4 Å². The van der Waals surface area contributed by atoms with E-state index >= 15 is 0 Å². The van der Waals surface area contributed by atoms with Crippen LogP contribution >= 0.6 is 12.2 Å². The summed E-state index contributed by atoms with van der Waals surface area (Å²) in [5, 5.41) is 16.1. The maximum Gasteiger partial charge on any atom is 0.246 e. The fraction of sp³-hybridized carbons (Fsp3) is 0.125. The van der Waals surface area contributed by atoms with Crippen molar-refractivity contribution in [2.45, 2.75) is 20.0 Å². The Kier molecular flexibility index (Phi) is 5.54. The number of aromatic nitrogens is 6. The van der Waals surface area contributed by atoms with Gasteiger partial charge in [0.05, 0.1) is 5.52 Å². The van der Waals surface area contributed by atoms with Gasteiger partial charge in [0.15, 0.2) is 5.82 Å². The van der Waals surface area contributed by atoms with Gasteiger partial charge in [-0.15, -0.1) is 5.10 Å². The average Bonchev–Trinajstić information content (AvgIpc) is 3.37. The van der Waals surface area contributed by atoms with Crippen LogP contribution in [0.1, 0.15) is 11.4 Å². The van der Waals surface area contributed by atoms with Crippen LogP contribution in [-0.4, -0.2) is 35.2 Å². The van der Waals surface area contributed by atoms with Gasteiger partial charge in [-0.25, -0.2) is 9.36 Å². The number of aryl methyl sites for hydroxylation is 1. The maximum atomic E-state index is 12.8. The smallest absolute Gasteiger partial charge is 0.246 e. The first kappa shape index (κ1) is 20.8. The lowest BCUT2D eigenvalue weighted by Gasteiger charge is -2.08. The third-order valence-electron chi connectivity index (χ3n) is 5.34. The second-order valence-corrected chi connectivity index (χ2v) is 7.99. The van der Waals surface area contributed by atoms with Gasteiger partial charge in [0.25, 0.3) is 0 Å². The molecule has 0 fully saturated rings. The van der Waals surface area contributed by atoms with Crippen molar-refractivity contribution < 1.29 is 4.79 Å². The normalized spacial score (nSPS) is 11.1. The molecular formula is C24H21N7OS. The average molecular weight is 456 g/mol. The van der Waals surface area contributed by atoms with E-state index in [2.05, 4.69) is 15.6 Å². The zero-order valence-electron chi connectivity index (χ0n) is 17.9. The number of amides is 1. The van der Waals surface area contributed by atoms with E-state index in [0.717, 1.165) is 28.0 Å². The van der Waals surface area contributed by atoms with Crippen LogP contribution in [0, 0.1) is 11.7 Å². The summed E-state index contributed by atoms with van der Waals surface area (Å²) in [6.45, 7) is 2.30. The number of carbonyl (C=O) groups excluding carboxylic acids is 1. The highest BCUT2D eigenvalue weighted by atomic mass is 32.1. The first-order valence-electron chi connectivity index (χ1n) is 10.5. The summed E-state index contributed by atoms with van der Waals surface area (Å²) in [4.78, 5) is 12.8. The first-order valence-corrected chi connectivity index (χ1v) is 10.9. The molecule has 0 atom stereocenters. The van der Waals surface area contributed by atoms with Crippen molar-refractivity contribution in [2.24, 2.45) is 0 Å². The van der Waals surface area contributed by atoms with E-state index in [0.29, 0.717) is 17.1 Å². The monoisotopic (exact) mass is 455 g/mol. The molecule has 3 aromatic carbocycles. The van der Waals surface area contributed by atoms with E-state index in [9.17, 15) is 4.79 Å². The second-order valence-electron chi connectivity index (χ2n) is 7.63. The predicted octanol–water partition coefficient (Wildman–Crippen LogP) is 4.14. The first-order chi connectivity index (χ1) is 16.1. The molecule has 8 nitrogen and oxygen atoms in total. The minimum Gasteiger partial charge on any atom is -0.324 e. The lowest BCUT2D eigenvalue weighted by Crippen LogP contribution is -2.20. The summed E-state index contributed by atoms with van der Waals surface area (Å²) in [5.41, 5.74) is 4.33. The Morgan fingerprint density at radius 3 is 2.48 bits per heavy atom. The van der Waals surface area contributed by atoms with Crippen molar-refractivity contribution in [2.75, 3.05) is 5.32 Å². The third kappa shape index (κ3) is 4.18. The number of nitrogens with one attached hydrogen (secondary N) is 1. The van der Waals surface area contributed by atoms with Gasteiger partial charge in [-0.05, 0) is 55.0 Å². The summed E-state index contributed by atoms with van der Waals surface area (Å²) in [6.07, 6.45) is 0. The van der Waals surface area contributed by atoms with Crippen molar-refractivity contribution in [1.82, 2.24) is 29.3 Å². The van der Waals surface area contributed by atoms with Crippen LogP contribution in [0.5, 0.6) is 0 Å². The number of rotatable bonds is 6. The number of hydrogen-bond acceptors (Lipinski definition) is 5. The van der Waals surface area contributed by atoms with Gasteiger partial charge in [0, 0.05) is 11.4 Å². The zero-order valence-corrected chi connectivity index (χ0v) is 18.7. The molecule has 9 heteroatoms. The number of fused-ring (bicyclic) bond motifs is 1. The van der Waals surface area contributed by atoms with Crippen LogP contribution < -0.4 is 5.32 Å².